The Bertz CT molecular complexity index is 585. The highest BCUT2D eigenvalue weighted by Gasteiger charge is 2.04. The third-order valence-corrected chi connectivity index (χ3v) is 2.80. The number of hydrogen-bond acceptors (Lipinski definition) is 2. The highest BCUT2D eigenvalue weighted by molar-refractivity contribution is 5.63. The lowest BCUT2D eigenvalue weighted by molar-refractivity contribution is 1.05. The number of H-pyrrole nitrogens is 1. The van der Waals surface area contributed by atoms with E-state index in [0.29, 0.717) is 0 Å². The summed E-state index contributed by atoms with van der Waals surface area (Å²) < 4.78 is 0. The second kappa shape index (κ2) is 3.93. The van der Waals surface area contributed by atoms with Crippen LogP contribution in [0, 0.1) is 20.8 Å². The molecule has 2 rings (SSSR count). The SMILES string of the molecule is Cc1ccc(-c2[nH]c(=O)ncc2C)cc1C. The largest absolute Gasteiger partial charge is 0.345 e. The Hall–Kier alpha value is -1.90. The summed E-state index contributed by atoms with van der Waals surface area (Å²) in [5.41, 5.74) is 5.01. The van der Waals surface area contributed by atoms with E-state index in [4.69, 9.17) is 0 Å². The Morgan fingerprint density at radius 1 is 1.06 bits per heavy atom. The maximum absolute atomic E-state index is 11.2. The second-order valence-electron chi connectivity index (χ2n) is 4.05. The molecule has 3 heteroatoms. The molecule has 16 heavy (non-hydrogen) atoms. The molecule has 1 N–H and O–H groups in total. The monoisotopic (exact) mass is 214 g/mol. The molecule has 1 heterocycles. The summed E-state index contributed by atoms with van der Waals surface area (Å²) in [5.74, 6) is 0. The first-order chi connectivity index (χ1) is 7.58. The van der Waals surface area contributed by atoms with E-state index in [1.54, 1.807) is 6.20 Å². The first kappa shape index (κ1) is 10.6. The van der Waals surface area contributed by atoms with E-state index in [9.17, 15) is 4.79 Å². The van der Waals surface area contributed by atoms with E-state index in [2.05, 4.69) is 35.9 Å². The zero-order valence-corrected chi connectivity index (χ0v) is 9.66. The zero-order chi connectivity index (χ0) is 11.7. The van der Waals surface area contributed by atoms with Crippen molar-refractivity contribution in [3.05, 3.63) is 51.6 Å². The van der Waals surface area contributed by atoms with Gasteiger partial charge in [0.05, 0.1) is 5.69 Å². The standard InChI is InChI=1S/C13H14N2O/c1-8-4-5-11(6-9(8)2)12-10(3)7-14-13(16)15-12/h4-7H,1-3H3,(H,14,15,16). The van der Waals surface area contributed by atoms with Gasteiger partial charge in [-0.3, -0.25) is 0 Å². The van der Waals surface area contributed by atoms with Gasteiger partial charge in [-0.15, -0.1) is 0 Å². The Morgan fingerprint density at radius 3 is 2.50 bits per heavy atom. The van der Waals surface area contributed by atoms with E-state index in [1.807, 2.05) is 13.0 Å². The molecule has 0 bridgehead atoms. The van der Waals surface area contributed by atoms with Crippen molar-refractivity contribution in [2.24, 2.45) is 0 Å². The molecule has 0 saturated heterocycles. The van der Waals surface area contributed by atoms with Gasteiger partial charge in [-0.25, -0.2) is 9.78 Å². The first-order valence-electron chi connectivity index (χ1n) is 5.21. The quantitative estimate of drug-likeness (QED) is 0.792. The average Bonchev–Trinajstić information content (AvgIpc) is 2.26. The van der Waals surface area contributed by atoms with Crippen LogP contribution in [0.25, 0.3) is 11.3 Å². The lowest BCUT2D eigenvalue weighted by Gasteiger charge is -2.07. The van der Waals surface area contributed by atoms with E-state index in [0.717, 1.165) is 16.8 Å². The molecule has 1 aromatic carbocycles. The summed E-state index contributed by atoms with van der Waals surface area (Å²) in [6, 6.07) is 6.15. The van der Waals surface area contributed by atoms with Gasteiger partial charge < -0.3 is 4.98 Å². The van der Waals surface area contributed by atoms with Gasteiger partial charge in [-0.2, -0.15) is 0 Å². The maximum Gasteiger partial charge on any atom is 0.345 e. The Balaban J connectivity index is 2.62. The Morgan fingerprint density at radius 2 is 1.81 bits per heavy atom. The van der Waals surface area contributed by atoms with E-state index in [-0.39, 0.29) is 5.69 Å². The average molecular weight is 214 g/mol. The van der Waals surface area contributed by atoms with Gasteiger partial charge in [0.25, 0.3) is 0 Å². The lowest BCUT2D eigenvalue weighted by atomic mass is 10.0. The fourth-order valence-corrected chi connectivity index (χ4v) is 1.65. The third kappa shape index (κ3) is 1.89. The molecule has 0 atom stereocenters. The number of benzene rings is 1. The van der Waals surface area contributed by atoms with Crippen molar-refractivity contribution < 1.29 is 0 Å². The molecule has 1 aromatic heterocycles. The molecule has 0 fully saturated rings. The number of hydrogen-bond donors (Lipinski definition) is 1. The molecule has 0 radical (unpaired) electrons. The summed E-state index contributed by atoms with van der Waals surface area (Å²) in [4.78, 5) is 17.7. The van der Waals surface area contributed by atoms with Crippen LogP contribution in [0.5, 0.6) is 0 Å². The molecule has 0 aliphatic rings. The summed E-state index contributed by atoms with van der Waals surface area (Å²) in [7, 11) is 0. The van der Waals surface area contributed by atoms with Crippen molar-refractivity contribution in [3.63, 3.8) is 0 Å². The Labute approximate surface area is 94.2 Å². The Kier molecular flexibility index (Phi) is 2.60. The molecule has 0 saturated carbocycles. The van der Waals surface area contributed by atoms with Crippen LogP contribution >= 0.6 is 0 Å². The molecule has 3 nitrogen and oxygen atoms in total. The number of nitrogens with zero attached hydrogens (tertiary/aromatic N) is 1. The van der Waals surface area contributed by atoms with E-state index < -0.39 is 0 Å². The molecule has 0 amide bonds. The van der Waals surface area contributed by atoms with Crippen LogP contribution in [0.3, 0.4) is 0 Å². The highest BCUT2D eigenvalue weighted by Crippen LogP contribution is 2.21. The van der Waals surface area contributed by atoms with Gasteiger partial charge in [-0.05, 0) is 49.1 Å². The summed E-state index contributed by atoms with van der Waals surface area (Å²) in [6.45, 7) is 6.07. The van der Waals surface area contributed by atoms with Crippen LogP contribution in [0.2, 0.25) is 0 Å². The van der Waals surface area contributed by atoms with E-state index >= 15 is 0 Å². The number of nitrogens with one attached hydrogen (secondary N) is 1. The van der Waals surface area contributed by atoms with Gasteiger partial charge >= 0.3 is 5.69 Å². The van der Waals surface area contributed by atoms with E-state index in [1.165, 1.54) is 11.1 Å². The predicted octanol–water partition coefficient (Wildman–Crippen LogP) is 2.36. The summed E-state index contributed by atoms with van der Waals surface area (Å²) in [5, 5.41) is 0. The van der Waals surface area contributed by atoms with Crippen LogP contribution in [0.1, 0.15) is 16.7 Å². The molecular formula is C13H14N2O. The molecule has 0 unspecified atom stereocenters. The van der Waals surface area contributed by atoms with Crippen LogP contribution in [0.15, 0.2) is 29.2 Å². The minimum absolute atomic E-state index is 0.307. The fraction of sp³-hybridized carbons (Fsp3) is 0.231. The van der Waals surface area contributed by atoms with Crippen LogP contribution in [0.4, 0.5) is 0 Å². The zero-order valence-electron chi connectivity index (χ0n) is 9.66. The first-order valence-corrected chi connectivity index (χ1v) is 5.21. The molecule has 0 aliphatic carbocycles. The molecular weight excluding hydrogens is 200 g/mol. The highest BCUT2D eigenvalue weighted by atomic mass is 16.1. The molecule has 2 aromatic rings. The van der Waals surface area contributed by atoms with Crippen LogP contribution < -0.4 is 5.69 Å². The summed E-state index contributed by atoms with van der Waals surface area (Å²) in [6.07, 6.45) is 1.60. The minimum Gasteiger partial charge on any atom is -0.305 e. The summed E-state index contributed by atoms with van der Waals surface area (Å²) >= 11 is 0. The molecule has 82 valence electrons. The van der Waals surface area contributed by atoms with Crippen molar-refractivity contribution in [2.75, 3.05) is 0 Å². The van der Waals surface area contributed by atoms with Gasteiger partial charge in [0.15, 0.2) is 0 Å². The fourth-order valence-electron chi connectivity index (χ4n) is 1.65. The van der Waals surface area contributed by atoms with Crippen molar-refractivity contribution in [1.29, 1.82) is 0 Å². The third-order valence-electron chi connectivity index (χ3n) is 2.80. The number of rotatable bonds is 1. The van der Waals surface area contributed by atoms with Crippen LogP contribution in [-0.4, -0.2) is 9.97 Å². The van der Waals surface area contributed by atoms with Gasteiger partial charge in [0.2, 0.25) is 0 Å². The predicted molar refractivity (Wildman–Crippen MR) is 64.5 cm³/mol. The number of aryl methyl sites for hydroxylation is 3. The maximum atomic E-state index is 11.2. The normalized spacial score (nSPS) is 10.4. The molecule has 0 spiro atoms. The van der Waals surface area contributed by atoms with Crippen molar-refractivity contribution in [3.8, 4) is 11.3 Å². The van der Waals surface area contributed by atoms with Gasteiger partial charge in [0, 0.05) is 6.20 Å². The van der Waals surface area contributed by atoms with Gasteiger partial charge in [-0.1, -0.05) is 12.1 Å². The smallest absolute Gasteiger partial charge is 0.305 e. The number of aromatic amines is 1. The minimum atomic E-state index is -0.307. The lowest BCUT2D eigenvalue weighted by Crippen LogP contribution is -2.11. The molecule has 0 aliphatic heterocycles. The van der Waals surface area contributed by atoms with Crippen molar-refractivity contribution in [2.45, 2.75) is 20.8 Å². The second-order valence-corrected chi connectivity index (χ2v) is 4.05. The van der Waals surface area contributed by atoms with Crippen LogP contribution in [-0.2, 0) is 0 Å². The van der Waals surface area contributed by atoms with Crippen molar-refractivity contribution in [1.82, 2.24) is 9.97 Å². The van der Waals surface area contributed by atoms with Crippen molar-refractivity contribution >= 4 is 0 Å². The topological polar surface area (TPSA) is 45.8 Å². The van der Waals surface area contributed by atoms with Gasteiger partial charge in [0.1, 0.15) is 0 Å². The number of aromatic nitrogens is 2.